The highest BCUT2D eigenvalue weighted by Crippen LogP contribution is 2.16. The summed E-state index contributed by atoms with van der Waals surface area (Å²) in [4.78, 5) is 10.6. The van der Waals surface area contributed by atoms with E-state index in [-0.39, 0.29) is 0 Å². The number of ether oxygens (including phenoxy) is 1. The summed E-state index contributed by atoms with van der Waals surface area (Å²) in [7, 11) is 2.17. The largest absolute Gasteiger partial charge is 0.478 e. The maximum atomic E-state index is 5.34. The first-order chi connectivity index (χ1) is 8.29. The molecule has 1 saturated heterocycles. The van der Waals surface area contributed by atoms with Gasteiger partial charge in [-0.05, 0) is 33.4 Å². The number of nitrogens with zero attached hydrogens (tertiary/aromatic N) is 3. The summed E-state index contributed by atoms with van der Waals surface area (Å²) in [6, 6.07) is 2.46. The van der Waals surface area contributed by atoms with Gasteiger partial charge in [-0.15, -0.1) is 0 Å². The molecule has 1 aliphatic rings. The number of rotatable bonds is 5. The Bertz CT molecular complexity index is 358. The molecule has 2 rings (SSSR count). The van der Waals surface area contributed by atoms with E-state index in [2.05, 4.69) is 27.2 Å². The van der Waals surface area contributed by atoms with E-state index in [0.29, 0.717) is 18.5 Å². The van der Waals surface area contributed by atoms with Crippen LogP contribution in [0.25, 0.3) is 0 Å². The van der Waals surface area contributed by atoms with Crippen LogP contribution in [0.2, 0.25) is 0 Å². The van der Waals surface area contributed by atoms with Crippen molar-refractivity contribution in [2.45, 2.75) is 25.8 Å². The quantitative estimate of drug-likeness (QED) is 0.837. The van der Waals surface area contributed by atoms with E-state index in [1.807, 2.05) is 13.0 Å². The molecule has 0 radical (unpaired) electrons. The Hall–Kier alpha value is -1.36. The molecule has 1 unspecified atom stereocenters. The second kappa shape index (κ2) is 5.82. The minimum atomic E-state index is 0.612. The molecular weight excluding hydrogens is 216 g/mol. The molecule has 2 heterocycles. The summed E-state index contributed by atoms with van der Waals surface area (Å²) in [5, 5.41) is 3.34. The van der Waals surface area contributed by atoms with Crippen LogP contribution < -0.4 is 10.1 Å². The van der Waals surface area contributed by atoms with E-state index in [9.17, 15) is 0 Å². The maximum absolute atomic E-state index is 5.34. The number of nitrogens with one attached hydrogen (secondary N) is 1. The Labute approximate surface area is 102 Å². The highest BCUT2D eigenvalue weighted by molar-refractivity contribution is 5.37. The highest BCUT2D eigenvalue weighted by Gasteiger charge is 2.20. The molecule has 1 atom stereocenters. The normalized spacial score (nSPS) is 20.5. The molecule has 1 fully saturated rings. The first kappa shape index (κ1) is 12.1. The average molecular weight is 236 g/mol. The number of aromatic nitrogens is 2. The molecule has 0 aromatic carbocycles. The molecule has 1 aromatic heterocycles. The molecule has 1 aromatic rings. The maximum Gasteiger partial charge on any atom is 0.218 e. The van der Waals surface area contributed by atoms with Crippen molar-refractivity contribution in [3.63, 3.8) is 0 Å². The van der Waals surface area contributed by atoms with Crippen molar-refractivity contribution in [2.24, 2.45) is 0 Å². The van der Waals surface area contributed by atoms with Crippen molar-refractivity contribution in [2.75, 3.05) is 32.1 Å². The Morgan fingerprint density at radius 2 is 2.41 bits per heavy atom. The molecule has 5 nitrogen and oxygen atoms in total. The van der Waals surface area contributed by atoms with Crippen LogP contribution in [-0.4, -0.2) is 47.7 Å². The monoisotopic (exact) mass is 236 g/mol. The van der Waals surface area contributed by atoms with Crippen LogP contribution in [0.5, 0.6) is 5.88 Å². The SMILES string of the molecule is CCOc1cc(NCC2CCCN2C)ncn1. The lowest BCUT2D eigenvalue weighted by atomic mass is 10.2. The third kappa shape index (κ3) is 3.30. The number of anilines is 1. The van der Waals surface area contributed by atoms with Crippen molar-refractivity contribution in [3.05, 3.63) is 12.4 Å². The summed E-state index contributed by atoms with van der Waals surface area (Å²) in [6.07, 6.45) is 4.08. The van der Waals surface area contributed by atoms with Gasteiger partial charge in [0.25, 0.3) is 0 Å². The summed E-state index contributed by atoms with van der Waals surface area (Å²) < 4.78 is 5.34. The summed E-state index contributed by atoms with van der Waals surface area (Å²) in [5.74, 6) is 1.47. The fourth-order valence-corrected chi connectivity index (χ4v) is 2.12. The summed E-state index contributed by atoms with van der Waals surface area (Å²) in [5.41, 5.74) is 0. The molecule has 0 spiro atoms. The van der Waals surface area contributed by atoms with Crippen LogP contribution in [0.15, 0.2) is 12.4 Å². The summed E-state index contributed by atoms with van der Waals surface area (Å²) >= 11 is 0. The average Bonchev–Trinajstić information content (AvgIpc) is 2.73. The van der Waals surface area contributed by atoms with Crippen molar-refractivity contribution in [1.29, 1.82) is 0 Å². The second-order valence-electron chi connectivity index (χ2n) is 4.33. The van der Waals surface area contributed by atoms with Gasteiger partial charge in [0.1, 0.15) is 12.1 Å². The zero-order valence-electron chi connectivity index (χ0n) is 10.5. The second-order valence-corrected chi connectivity index (χ2v) is 4.33. The van der Waals surface area contributed by atoms with Crippen molar-refractivity contribution in [1.82, 2.24) is 14.9 Å². The lowest BCUT2D eigenvalue weighted by molar-refractivity contribution is 0.321. The molecule has 0 amide bonds. The van der Waals surface area contributed by atoms with E-state index >= 15 is 0 Å². The molecule has 1 aliphatic heterocycles. The van der Waals surface area contributed by atoms with Gasteiger partial charge in [-0.25, -0.2) is 9.97 Å². The van der Waals surface area contributed by atoms with Crippen molar-refractivity contribution < 1.29 is 4.74 Å². The fraction of sp³-hybridized carbons (Fsp3) is 0.667. The Kier molecular flexibility index (Phi) is 4.14. The van der Waals surface area contributed by atoms with E-state index in [0.717, 1.165) is 12.4 Å². The predicted octanol–water partition coefficient (Wildman–Crippen LogP) is 1.38. The van der Waals surface area contributed by atoms with Crippen molar-refractivity contribution >= 4 is 5.82 Å². The zero-order valence-corrected chi connectivity index (χ0v) is 10.5. The molecule has 0 aliphatic carbocycles. The minimum absolute atomic E-state index is 0.612. The number of likely N-dealkylation sites (N-methyl/N-ethyl adjacent to an activating group) is 1. The molecule has 1 N–H and O–H groups in total. The van der Waals surface area contributed by atoms with Gasteiger partial charge in [0, 0.05) is 18.7 Å². The van der Waals surface area contributed by atoms with Crippen LogP contribution >= 0.6 is 0 Å². The third-order valence-corrected chi connectivity index (χ3v) is 3.12. The van der Waals surface area contributed by atoms with Gasteiger partial charge in [0.15, 0.2) is 0 Å². The molecule has 0 bridgehead atoms. The smallest absolute Gasteiger partial charge is 0.218 e. The van der Waals surface area contributed by atoms with Gasteiger partial charge in [-0.3, -0.25) is 0 Å². The third-order valence-electron chi connectivity index (χ3n) is 3.12. The molecule has 17 heavy (non-hydrogen) atoms. The minimum Gasteiger partial charge on any atom is -0.478 e. The number of hydrogen-bond acceptors (Lipinski definition) is 5. The first-order valence-electron chi connectivity index (χ1n) is 6.18. The van der Waals surface area contributed by atoms with Gasteiger partial charge >= 0.3 is 0 Å². The van der Waals surface area contributed by atoms with Crippen LogP contribution in [0.3, 0.4) is 0 Å². The Morgan fingerprint density at radius 3 is 3.12 bits per heavy atom. The van der Waals surface area contributed by atoms with Crippen LogP contribution in [0.1, 0.15) is 19.8 Å². The van der Waals surface area contributed by atoms with Gasteiger partial charge < -0.3 is 15.0 Å². The zero-order chi connectivity index (χ0) is 12.1. The van der Waals surface area contributed by atoms with Crippen LogP contribution in [-0.2, 0) is 0 Å². The lowest BCUT2D eigenvalue weighted by Gasteiger charge is -2.19. The lowest BCUT2D eigenvalue weighted by Crippen LogP contribution is -2.31. The van der Waals surface area contributed by atoms with Crippen LogP contribution in [0.4, 0.5) is 5.82 Å². The first-order valence-corrected chi connectivity index (χ1v) is 6.18. The predicted molar refractivity (Wildman–Crippen MR) is 67.3 cm³/mol. The fourth-order valence-electron chi connectivity index (χ4n) is 2.12. The molecular formula is C12H20N4O. The standard InChI is InChI=1S/C12H20N4O/c1-3-17-12-7-11(14-9-15-12)13-8-10-5-4-6-16(10)2/h7,9-10H,3-6,8H2,1-2H3,(H,13,14,15). The number of hydrogen-bond donors (Lipinski definition) is 1. The molecule has 0 saturated carbocycles. The summed E-state index contributed by atoms with van der Waals surface area (Å²) in [6.45, 7) is 4.70. The molecule has 94 valence electrons. The van der Waals surface area contributed by atoms with E-state index in [1.54, 1.807) is 0 Å². The van der Waals surface area contributed by atoms with Gasteiger partial charge in [-0.1, -0.05) is 0 Å². The van der Waals surface area contributed by atoms with E-state index in [1.165, 1.54) is 25.7 Å². The Balaban J connectivity index is 1.87. The van der Waals surface area contributed by atoms with E-state index < -0.39 is 0 Å². The van der Waals surface area contributed by atoms with Gasteiger partial charge in [0.2, 0.25) is 5.88 Å². The molecule has 5 heteroatoms. The van der Waals surface area contributed by atoms with Crippen molar-refractivity contribution in [3.8, 4) is 5.88 Å². The van der Waals surface area contributed by atoms with Crippen LogP contribution in [0, 0.1) is 0 Å². The Morgan fingerprint density at radius 1 is 1.53 bits per heavy atom. The van der Waals surface area contributed by atoms with E-state index in [4.69, 9.17) is 4.74 Å². The van der Waals surface area contributed by atoms with Gasteiger partial charge in [-0.2, -0.15) is 0 Å². The highest BCUT2D eigenvalue weighted by atomic mass is 16.5. The topological polar surface area (TPSA) is 50.3 Å². The number of likely N-dealkylation sites (tertiary alicyclic amines) is 1. The van der Waals surface area contributed by atoms with Gasteiger partial charge in [0.05, 0.1) is 6.61 Å².